The number of Topliss-reactive ketones (excluding diaryl/α,β-unsaturated/α-hetero) is 2. The molecule has 2 fully saturated rings. The van der Waals surface area contributed by atoms with Crippen LogP contribution in [-0.4, -0.2) is 23.4 Å². The molecule has 1 aromatic carbocycles. The molecular formula is C20H19Cl2NO4. The molecule has 1 saturated carbocycles. The molecule has 1 aliphatic heterocycles. The van der Waals surface area contributed by atoms with Crippen LogP contribution in [0.4, 0.5) is 0 Å². The van der Waals surface area contributed by atoms with E-state index in [1.165, 1.54) is 12.8 Å². The molecule has 1 aromatic rings. The van der Waals surface area contributed by atoms with E-state index in [0.29, 0.717) is 23.5 Å². The van der Waals surface area contributed by atoms with Crippen molar-refractivity contribution in [3.8, 4) is 0 Å². The minimum Gasteiger partial charge on any atom is -0.293 e. The van der Waals surface area contributed by atoms with E-state index in [9.17, 15) is 19.2 Å². The highest BCUT2D eigenvalue weighted by Crippen LogP contribution is 2.49. The topological polar surface area (TPSA) is 80.3 Å². The highest BCUT2D eigenvalue weighted by atomic mass is 35.5. The summed E-state index contributed by atoms with van der Waals surface area (Å²) in [5.41, 5.74) is 0.736. The van der Waals surface area contributed by atoms with Gasteiger partial charge in [-0.2, -0.15) is 0 Å². The Balaban J connectivity index is 1.74. The first-order chi connectivity index (χ1) is 12.7. The number of ketones is 2. The molecule has 0 radical (unpaired) electrons. The average Bonchev–Trinajstić information content (AvgIpc) is 3.25. The van der Waals surface area contributed by atoms with Crippen molar-refractivity contribution in [2.75, 3.05) is 0 Å². The molecule has 5 nitrogen and oxygen atoms in total. The highest BCUT2D eigenvalue weighted by Gasteiger charge is 2.48. The van der Waals surface area contributed by atoms with Gasteiger partial charge in [-0.05, 0) is 29.9 Å². The van der Waals surface area contributed by atoms with Crippen molar-refractivity contribution in [3.63, 3.8) is 0 Å². The Kier molecular flexibility index (Phi) is 4.43. The Labute approximate surface area is 166 Å². The van der Waals surface area contributed by atoms with Gasteiger partial charge in [-0.1, -0.05) is 61.9 Å². The summed E-state index contributed by atoms with van der Waals surface area (Å²) in [6.07, 6.45) is 5.97. The maximum atomic E-state index is 13.1. The fourth-order valence-electron chi connectivity index (χ4n) is 4.89. The molecule has 2 amide bonds. The Bertz CT molecular complexity index is 904. The van der Waals surface area contributed by atoms with Crippen LogP contribution in [0.1, 0.15) is 66.4 Å². The summed E-state index contributed by atoms with van der Waals surface area (Å²) in [5, 5.41) is 2.08. The van der Waals surface area contributed by atoms with Gasteiger partial charge in [0.1, 0.15) is 5.92 Å². The van der Waals surface area contributed by atoms with Crippen LogP contribution in [0.25, 0.3) is 0 Å². The van der Waals surface area contributed by atoms with Gasteiger partial charge in [0.15, 0.2) is 5.78 Å². The molecule has 2 atom stereocenters. The fraction of sp³-hybridized carbons (Fsp3) is 0.500. The van der Waals surface area contributed by atoms with E-state index >= 15 is 0 Å². The Hall–Kier alpha value is -1.72. The normalized spacial score (nSPS) is 28.2. The first-order valence-corrected chi connectivity index (χ1v) is 9.93. The predicted octanol–water partition coefficient (Wildman–Crippen LogP) is 3.63. The van der Waals surface area contributed by atoms with Gasteiger partial charge in [0.05, 0.1) is 10.0 Å². The van der Waals surface area contributed by atoms with Gasteiger partial charge >= 0.3 is 0 Å². The second kappa shape index (κ2) is 6.42. The number of carbonyl (C=O) groups is 4. The number of hydrogen-bond donors (Lipinski definition) is 1. The molecule has 0 aromatic heterocycles. The zero-order valence-corrected chi connectivity index (χ0v) is 16.4. The van der Waals surface area contributed by atoms with Crippen molar-refractivity contribution in [1.82, 2.24) is 5.32 Å². The lowest BCUT2D eigenvalue weighted by molar-refractivity contribution is -0.135. The number of rotatable bonds is 3. The number of halogens is 2. The van der Waals surface area contributed by atoms with Crippen LogP contribution in [0, 0.1) is 11.3 Å². The SMILES string of the molecule is CC1(CC2CCCC2)Cc2cc(C3C(=O)NC(=O)C3=O)c(Cl)c(Cl)c2C1=O. The lowest BCUT2D eigenvalue weighted by atomic mass is 9.77. The summed E-state index contributed by atoms with van der Waals surface area (Å²) in [6.45, 7) is 1.95. The molecule has 0 bridgehead atoms. The van der Waals surface area contributed by atoms with Crippen molar-refractivity contribution in [2.45, 2.75) is 51.4 Å². The Morgan fingerprint density at radius 1 is 1.11 bits per heavy atom. The zero-order chi connectivity index (χ0) is 19.5. The van der Waals surface area contributed by atoms with Crippen molar-refractivity contribution in [1.29, 1.82) is 0 Å². The first-order valence-electron chi connectivity index (χ1n) is 9.17. The quantitative estimate of drug-likeness (QED) is 0.471. The van der Waals surface area contributed by atoms with Crippen LogP contribution in [0.15, 0.2) is 6.07 Å². The molecule has 142 valence electrons. The summed E-state index contributed by atoms with van der Waals surface area (Å²) < 4.78 is 0. The van der Waals surface area contributed by atoms with E-state index in [-0.39, 0.29) is 21.4 Å². The first kappa shape index (κ1) is 18.6. The number of hydrogen-bond acceptors (Lipinski definition) is 4. The minimum atomic E-state index is -1.30. The summed E-state index contributed by atoms with van der Waals surface area (Å²) in [5.74, 6) is -3.30. The molecule has 7 heteroatoms. The van der Waals surface area contributed by atoms with Gasteiger partial charge in [0, 0.05) is 11.0 Å². The van der Waals surface area contributed by atoms with Gasteiger partial charge in [-0.25, -0.2) is 0 Å². The standard InChI is InChI=1S/C20H19Cl2NO4/c1-20(7-9-4-2-3-5-9)8-10-6-11(13-16(24)19(27)23-18(13)26)14(21)15(22)12(10)17(20)25/h6,9,13H,2-5,7-8H2,1H3,(H,23,26,27). The van der Waals surface area contributed by atoms with Crippen molar-refractivity contribution < 1.29 is 19.2 Å². The number of imide groups is 1. The van der Waals surface area contributed by atoms with Gasteiger partial charge in [-0.15, -0.1) is 0 Å². The highest BCUT2D eigenvalue weighted by molar-refractivity contribution is 6.51. The van der Waals surface area contributed by atoms with E-state index in [1.54, 1.807) is 6.07 Å². The van der Waals surface area contributed by atoms with Crippen LogP contribution in [0.5, 0.6) is 0 Å². The van der Waals surface area contributed by atoms with Crippen molar-refractivity contribution >= 4 is 46.6 Å². The number of carbonyl (C=O) groups excluding carboxylic acids is 4. The molecule has 1 saturated heterocycles. The number of amides is 2. The third-order valence-corrected chi connectivity index (χ3v) is 7.06. The molecular weight excluding hydrogens is 389 g/mol. The van der Waals surface area contributed by atoms with Crippen LogP contribution in [0.3, 0.4) is 0 Å². The van der Waals surface area contributed by atoms with Gasteiger partial charge in [0.2, 0.25) is 11.7 Å². The van der Waals surface area contributed by atoms with E-state index in [4.69, 9.17) is 23.2 Å². The largest absolute Gasteiger partial charge is 0.295 e. The second-order valence-corrected chi connectivity index (χ2v) is 8.92. The minimum absolute atomic E-state index is 0.00270. The molecule has 2 aliphatic carbocycles. The summed E-state index contributed by atoms with van der Waals surface area (Å²) in [7, 11) is 0. The van der Waals surface area contributed by atoms with Gasteiger partial charge in [0.25, 0.3) is 5.91 Å². The van der Waals surface area contributed by atoms with E-state index in [2.05, 4.69) is 0 Å². The van der Waals surface area contributed by atoms with Crippen LogP contribution >= 0.6 is 23.2 Å². The van der Waals surface area contributed by atoms with Gasteiger partial charge in [-0.3, -0.25) is 24.5 Å². The molecule has 0 spiro atoms. The average molecular weight is 408 g/mol. The van der Waals surface area contributed by atoms with Crippen molar-refractivity contribution in [3.05, 3.63) is 32.8 Å². The molecule has 4 rings (SSSR count). The van der Waals surface area contributed by atoms with Crippen LogP contribution in [-0.2, 0) is 20.8 Å². The third kappa shape index (κ3) is 2.83. The zero-order valence-electron chi connectivity index (χ0n) is 14.9. The predicted molar refractivity (Wildman–Crippen MR) is 100 cm³/mol. The molecule has 2 unspecified atom stereocenters. The lowest BCUT2D eigenvalue weighted by Crippen LogP contribution is -2.26. The fourth-order valence-corrected chi connectivity index (χ4v) is 5.47. The summed E-state index contributed by atoms with van der Waals surface area (Å²) in [6, 6.07) is 1.61. The van der Waals surface area contributed by atoms with Crippen molar-refractivity contribution in [2.24, 2.45) is 11.3 Å². The second-order valence-electron chi connectivity index (χ2n) is 8.16. The monoisotopic (exact) mass is 407 g/mol. The molecule has 27 heavy (non-hydrogen) atoms. The maximum absolute atomic E-state index is 13.1. The molecule has 3 aliphatic rings. The number of benzene rings is 1. The van der Waals surface area contributed by atoms with Crippen LogP contribution < -0.4 is 5.32 Å². The molecule has 1 N–H and O–H groups in total. The maximum Gasteiger partial charge on any atom is 0.295 e. The van der Waals surface area contributed by atoms with Gasteiger partial charge < -0.3 is 0 Å². The number of nitrogens with one attached hydrogen (secondary N) is 1. The third-order valence-electron chi connectivity index (χ3n) is 6.18. The van der Waals surface area contributed by atoms with E-state index in [1.807, 2.05) is 12.2 Å². The van der Waals surface area contributed by atoms with E-state index < -0.39 is 28.9 Å². The summed E-state index contributed by atoms with van der Waals surface area (Å²) >= 11 is 12.7. The summed E-state index contributed by atoms with van der Waals surface area (Å²) in [4.78, 5) is 48.8. The van der Waals surface area contributed by atoms with Crippen LogP contribution in [0.2, 0.25) is 10.0 Å². The Morgan fingerprint density at radius 3 is 2.37 bits per heavy atom. The van der Waals surface area contributed by atoms with E-state index in [0.717, 1.165) is 19.3 Å². The lowest BCUT2D eigenvalue weighted by Gasteiger charge is -2.25. The number of fused-ring (bicyclic) bond motifs is 1. The Morgan fingerprint density at radius 2 is 1.78 bits per heavy atom. The molecule has 1 heterocycles. The smallest absolute Gasteiger partial charge is 0.293 e.